The molecule has 1 aromatic carbocycles. The molecule has 34 heavy (non-hydrogen) atoms. The summed E-state index contributed by atoms with van der Waals surface area (Å²) in [5.41, 5.74) is 5.38. The Kier molecular flexibility index (Phi) is 6.66. The number of allylic oxidation sites excluding steroid dienone is 3. The van der Waals surface area contributed by atoms with Crippen molar-refractivity contribution in [2.24, 2.45) is 0 Å². The van der Waals surface area contributed by atoms with Crippen molar-refractivity contribution in [3.8, 4) is 6.07 Å². The minimum absolute atomic E-state index is 0.421. The van der Waals surface area contributed by atoms with Crippen LogP contribution < -0.4 is 10.2 Å². The Labute approximate surface area is 202 Å². The van der Waals surface area contributed by atoms with E-state index in [1.54, 1.807) is 6.20 Å². The van der Waals surface area contributed by atoms with Gasteiger partial charge in [-0.3, -0.25) is 9.88 Å². The van der Waals surface area contributed by atoms with Crippen LogP contribution in [0.1, 0.15) is 25.8 Å². The molecule has 2 aromatic rings. The lowest BCUT2D eigenvalue weighted by molar-refractivity contribution is 0.146. The number of piperazine rings is 2. The number of benzene rings is 1. The van der Waals surface area contributed by atoms with Crippen LogP contribution in [0.5, 0.6) is 0 Å². The fraction of sp³-hybridized carbons (Fsp3) is 0.429. The van der Waals surface area contributed by atoms with Crippen LogP contribution in [0.3, 0.4) is 0 Å². The first kappa shape index (κ1) is 22.6. The number of nitrogens with one attached hydrogen (secondary N) is 1. The number of aromatic nitrogens is 1. The van der Waals surface area contributed by atoms with E-state index in [0.717, 1.165) is 63.1 Å². The van der Waals surface area contributed by atoms with Crippen molar-refractivity contribution in [1.29, 1.82) is 5.26 Å². The van der Waals surface area contributed by atoms with Gasteiger partial charge in [0.05, 0.1) is 11.1 Å². The highest BCUT2D eigenvalue weighted by atomic mass is 15.3. The zero-order valence-electron chi connectivity index (χ0n) is 20.2. The number of fused-ring (bicyclic) bond motifs is 1. The Balaban J connectivity index is 1.28. The van der Waals surface area contributed by atoms with E-state index in [2.05, 4.69) is 81.4 Å². The van der Waals surface area contributed by atoms with Gasteiger partial charge >= 0.3 is 0 Å². The van der Waals surface area contributed by atoms with Crippen LogP contribution in [-0.4, -0.2) is 72.7 Å². The number of nitrogens with zero attached hydrogens (tertiary/aromatic N) is 5. The number of nitriles is 1. The Bertz CT molecular complexity index is 1160. The predicted octanol–water partition coefficient (Wildman–Crippen LogP) is 3.68. The number of hydrogen-bond donors (Lipinski definition) is 1. The summed E-state index contributed by atoms with van der Waals surface area (Å²) in [4.78, 5) is 12.1. The highest BCUT2D eigenvalue weighted by Crippen LogP contribution is 2.31. The summed E-state index contributed by atoms with van der Waals surface area (Å²) < 4.78 is 0. The summed E-state index contributed by atoms with van der Waals surface area (Å²) in [5.74, 6) is 0. The predicted molar refractivity (Wildman–Crippen MR) is 139 cm³/mol. The summed E-state index contributed by atoms with van der Waals surface area (Å²) in [7, 11) is 0. The van der Waals surface area contributed by atoms with Gasteiger partial charge in [-0.15, -0.1) is 0 Å². The molecule has 176 valence electrons. The molecular weight excluding hydrogens is 420 g/mol. The van der Waals surface area contributed by atoms with Crippen molar-refractivity contribution in [2.45, 2.75) is 32.4 Å². The van der Waals surface area contributed by atoms with Crippen LogP contribution in [0.25, 0.3) is 10.9 Å². The summed E-state index contributed by atoms with van der Waals surface area (Å²) in [5, 5.41) is 14.0. The van der Waals surface area contributed by atoms with E-state index in [-0.39, 0.29) is 0 Å². The van der Waals surface area contributed by atoms with E-state index in [1.165, 1.54) is 17.0 Å². The third kappa shape index (κ3) is 4.59. The maximum atomic E-state index is 9.49. The van der Waals surface area contributed by atoms with Gasteiger partial charge in [-0.05, 0) is 56.2 Å². The average molecular weight is 455 g/mol. The van der Waals surface area contributed by atoms with Crippen LogP contribution >= 0.6 is 0 Å². The van der Waals surface area contributed by atoms with Crippen molar-refractivity contribution < 1.29 is 0 Å². The minimum Gasteiger partial charge on any atom is -0.369 e. The molecule has 2 fully saturated rings. The van der Waals surface area contributed by atoms with Crippen LogP contribution in [-0.2, 0) is 0 Å². The number of hydrogen-bond acceptors (Lipinski definition) is 6. The first-order chi connectivity index (χ1) is 16.6. The molecule has 1 N–H and O–H groups in total. The van der Waals surface area contributed by atoms with E-state index in [4.69, 9.17) is 0 Å². The SMILES string of the molecule is C[C@@H]1CN(c2ccc(C#N)c3ncccc23)C[C@H](C)N1CC1=CCC=C(N2CCNCC2)C=C1. The topological polar surface area (TPSA) is 58.4 Å². The molecule has 6 nitrogen and oxygen atoms in total. The summed E-state index contributed by atoms with van der Waals surface area (Å²) in [6, 6.07) is 11.2. The molecule has 0 spiro atoms. The second-order valence-electron chi connectivity index (χ2n) is 9.63. The number of pyridine rings is 1. The number of rotatable bonds is 4. The third-order valence-corrected chi connectivity index (χ3v) is 7.33. The molecule has 0 radical (unpaired) electrons. The van der Waals surface area contributed by atoms with Crippen molar-refractivity contribution in [1.82, 2.24) is 20.1 Å². The zero-order valence-corrected chi connectivity index (χ0v) is 20.2. The molecule has 2 aliphatic heterocycles. The molecule has 0 unspecified atom stereocenters. The van der Waals surface area contributed by atoms with Gasteiger partial charge in [0.15, 0.2) is 0 Å². The van der Waals surface area contributed by atoms with Gasteiger partial charge < -0.3 is 15.1 Å². The van der Waals surface area contributed by atoms with Gasteiger partial charge in [0.1, 0.15) is 6.07 Å². The lowest BCUT2D eigenvalue weighted by atomic mass is 10.0. The van der Waals surface area contributed by atoms with E-state index in [9.17, 15) is 5.26 Å². The molecule has 1 aliphatic carbocycles. The summed E-state index contributed by atoms with van der Waals surface area (Å²) in [6.45, 7) is 11.9. The van der Waals surface area contributed by atoms with Crippen LogP contribution in [0.15, 0.2) is 66.0 Å². The van der Waals surface area contributed by atoms with E-state index in [0.29, 0.717) is 17.6 Å². The monoisotopic (exact) mass is 454 g/mol. The largest absolute Gasteiger partial charge is 0.369 e. The van der Waals surface area contributed by atoms with E-state index >= 15 is 0 Å². The molecule has 2 saturated heterocycles. The van der Waals surface area contributed by atoms with Gasteiger partial charge in [0.25, 0.3) is 0 Å². The molecule has 1 aromatic heterocycles. The Morgan fingerprint density at radius 1 is 1.03 bits per heavy atom. The van der Waals surface area contributed by atoms with Gasteiger partial charge in [0, 0.05) is 80.9 Å². The molecule has 0 bridgehead atoms. The second kappa shape index (κ2) is 10.0. The van der Waals surface area contributed by atoms with E-state index < -0.39 is 0 Å². The van der Waals surface area contributed by atoms with Crippen molar-refractivity contribution >= 4 is 16.6 Å². The average Bonchev–Trinajstić information content (AvgIpc) is 3.11. The Morgan fingerprint density at radius 3 is 2.59 bits per heavy atom. The zero-order chi connectivity index (χ0) is 23.5. The maximum Gasteiger partial charge on any atom is 0.101 e. The molecule has 0 saturated carbocycles. The number of anilines is 1. The quantitative estimate of drug-likeness (QED) is 0.761. The molecule has 0 amide bonds. The third-order valence-electron chi connectivity index (χ3n) is 7.33. The van der Waals surface area contributed by atoms with Crippen LogP contribution in [0, 0.1) is 11.3 Å². The van der Waals surface area contributed by atoms with E-state index in [1.807, 2.05) is 12.1 Å². The molecule has 2 atom stereocenters. The lowest BCUT2D eigenvalue weighted by Crippen LogP contribution is -2.57. The second-order valence-corrected chi connectivity index (χ2v) is 9.63. The van der Waals surface area contributed by atoms with Crippen molar-refractivity contribution in [3.63, 3.8) is 0 Å². The molecule has 3 aliphatic rings. The Hall–Kier alpha value is -3.14. The highest BCUT2D eigenvalue weighted by molar-refractivity contribution is 5.95. The van der Waals surface area contributed by atoms with Gasteiger partial charge in [-0.1, -0.05) is 18.2 Å². The summed E-state index contributed by atoms with van der Waals surface area (Å²) in [6.07, 6.45) is 12.2. The van der Waals surface area contributed by atoms with Gasteiger partial charge in [-0.2, -0.15) is 5.26 Å². The lowest BCUT2D eigenvalue weighted by Gasteiger charge is -2.46. The smallest absolute Gasteiger partial charge is 0.101 e. The summed E-state index contributed by atoms with van der Waals surface area (Å²) >= 11 is 0. The minimum atomic E-state index is 0.421. The molecular formula is C28H34N6. The molecule has 3 heterocycles. The molecule has 6 heteroatoms. The maximum absolute atomic E-state index is 9.49. The Morgan fingerprint density at radius 2 is 1.82 bits per heavy atom. The normalized spacial score (nSPS) is 23.9. The van der Waals surface area contributed by atoms with Crippen molar-refractivity contribution in [3.05, 3.63) is 71.6 Å². The van der Waals surface area contributed by atoms with Crippen LogP contribution in [0.4, 0.5) is 5.69 Å². The van der Waals surface area contributed by atoms with Gasteiger partial charge in [-0.25, -0.2) is 0 Å². The highest BCUT2D eigenvalue weighted by Gasteiger charge is 2.30. The fourth-order valence-electron chi connectivity index (χ4n) is 5.53. The first-order valence-electron chi connectivity index (χ1n) is 12.5. The standard InChI is InChI=1S/C28H34N6/c1-21-18-33(27-11-9-24(17-29)28-26(27)7-4-12-31-28)19-22(2)34(21)20-23-5-3-6-25(10-8-23)32-15-13-30-14-16-32/h4-12,21-22,30H,3,13-16,18-20H2,1-2H3/t21-,22+. The first-order valence-corrected chi connectivity index (χ1v) is 12.5. The van der Waals surface area contributed by atoms with Crippen LogP contribution in [0.2, 0.25) is 0 Å². The van der Waals surface area contributed by atoms with Crippen molar-refractivity contribution in [2.75, 3.05) is 50.7 Å². The van der Waals surface area contributed by atoms with Gasteiger partial charge in [0.2, 0.25) is 0 Å². The molecule has 5 rings (SSSR count). The fourth-order valence-corrected chi connectivity index (χ4v) is 5.53.